The van der Waals surface area contributed by atoms with Crippen LogP contribution in [-0.2, 0) is 28.6 Å². The number of carbonyl (C=O) groups excluding carboxylic acids is 3. The Hall–Kier alpha value is -2.45. The Labute approximate surface area is 176 Å². The van der Waals surface area contributed by atoms with Gasteiger partial charge in [0.2, 0.25) is 0 Å². The van der Waals surface area contributed by atoms with Gasteiger partial charge < -0.3 is 24.4 Å². The summed E-state index contributed by atoms with van der Waals surface area (Å²) >= 11 is 0. The Bertz CT molecular complexity index is 765. The van der Waals surface area contributed by atoms with Gasteiger partial charge >= 0.3 is 17.9 Å². The zero-order valence-electron chi connectivity index (χ0n) is 17.8. The van der Waals surface area contributed by atoms with Crippen LogP contribution in [0.4, 0.5) is 0 Å². The van der Waals surface area contributed by atoms with E-state index in [1.807, 2.05) is 6.92 Å². The molecule has 0 amide bonds. The van der Waals surface area contributed by atoms with Gasteiger partial charge in [-0.1, -0.05) is 20.4 Å². The zero-order chi connectivity index (χ0) is 22.6. The molecule has 1 aliphatic heterocycles. The normalized spacial score (nSPS) is 33.9. The lowest BCUT2D eigenvalue weighted by Gasteiger charge is -2.29. The molecule has 1 aliphatic carbocycles. The van der Waals surface area contributed by atoms with Crippen molar-refractivity contribution in [2.24, 2.45) is 11.8 Å². The van der Waals surface area contributed by atoms with Crippen molar-refractivity contribution in [1.29, 1.82) is 0 Å². The minimum Gasteiger partial charge on any atom is -0.458 e. The molecule has 6 unspecified atom stereocenters. The van der Waals surface area contributed by atoms with Crippen molar-refractivity contribution in [3.05, 3.63) is 35.5 Å². The average Bonchev–Trinajstić information content (AvgIpc) is 2.96. The molecular weight excluding hydrogens is 392 g/mol. The summed E-state index contributed by atoms with van der Waals surface area (Å²) in [6.45, 7) is 9.80. The second kappa shape index (κ2) is 10.0. The Morgan fingerprint density at radius 3 is 2.57 bits per heavy atom. The molecule has 1 saturated heterocycles. The van der Waals surface area contributed by atoms with Gasteiger partial charge in [0.1, 0.15) is 18.3 Å². The van der Waals surface area contributed by atoms with Crippen LogP contribution in [0.2, 0.25) is 0 Å². The molecule has 0 spiro atoms. The summed E-state index contributed by atoms with van der Waals surface area (Å²) in [5.74, 6) is -2.74. The van der Waals surface area contributed by atoms with Crippen LogP contribution < -0.4 is 0 Å². The van der Waals surface area contributed by atoms with Gasteiger partial charge in [-0.05, 0) is 36.6 Å². The van der Waals surface area contributed by atoms with Gasteiger partial charge in [0, 0.05) is 18.9 Å². The highest BCUT2D eigenvalue weighted by molar-refractivity contribution is 5.91. The molecule has 166 valence electrons. The first-order chi connectivity index (χ1) is 14.1. The lowest BCUT2D eigenvalue weighted by molar-refractivity contribution is -0.154. The molecule has 0 radical (unpaired) electrons. The average molecular weight is 422 g/mol. The van der Waals surface area contributed by atoms with E-state index >= 15 is 0 Å². The summed E-state index contributed by atoms with van der Waals surface area (Å²) in [5, 5.41) is 20.5. The van der Waals surface area contributed by atoms with Crippen LogP contribution in [0, 0.1) is 11.8 Å². The molecule has 0 aromatic rings. The standard InChI is InChI=1S/C22H30O8/c1-6-11(2)21(26)29-18-7-12(3)16(25)9-17(28-14(5)24)15(10-23)8-19-20(18)13(4)22(27)30-19/h7-8,11,16-20,23,25H,4,6,9-10H2,1-3,5H3/b12-7-,15-8-. The zero-order valence-corrected chi connectivity index (χ0v) is 17.8. The molecule has 8 heteroatoms. The summed E-state index contributed by atoms with van der Waals surface area (Å²) in [6, 6.07) is 0. The molecule has 8 nitrogen and oxygen atoms in total. The largest absolute Gasteiger partial charge is 0.458 e. The Morgan fingerprint density at radius 2 is 2.00 bits per heavy atom. The predicted octanol–water partition coefficient (Wildman–Crippen LogP) is 1.60. The van der Waals surface area contributed by atoms with E-state index < -0.39 is 54.8 Å². The van der Waals surface area contributed by atoms with Gasteiger partial charge in [-0.15, -0.1) is 0 Å². The summed E-state index contributed by atoms with van der Waals surface area (Å²) in [6.07, 6.45) is -0.0639. The molecule has 1 fully saturated rings. The highest BCUT2D eigenvalue weighted by Gasteiger charge is 2.45. The minimum atomic E-state index is -1.03. The molecule has 0 saturated carbocycles. The van der Waals surface area contributed by atoms with Gasteiger partial charge in [0.25, 0.3) is 0 Å². The van der Waals surface area contributed by atoms with E-state index in [4.69, 9.17) is 14.2 Å². The third kappa shape index (κ3) is 5.37. The van der Waals surface area contributed by atoms with E-state index in [2.05, 4.69) is 6.58 Å². The van der Waals surface area contributed by atoms with Crippen molar-refractivity contribution >= 4 is 17.9 Å². The third-order valence-corrected chi connectivity index (χ3v) is 5.56. The van der Waals surface area contributed by atoms with Crippen molar-refractivity contribution in [1.82, 2.24) is 0 Å². The lowest BCUT2D eigenvalue weighted by atomic mass is 9.85. The summed E-state index contributed by atoms with van der Waals surface area (Å²) < 4.78 is 16.4. The number of hydrogen-bond donors (Lipinski definition) is 2. The van der Waals surface area contributed by atoms with Crippen molar-refractivity contribution in [2.45, 2.75) is 65.0 Å². The first kappa shape index (κ1) is 23.8. The Morgan fingerprint density at radius 1 is 1.33 bits per heavy atom. The molecule has 0 bridgehead atoms. The number of carbonyl (C=O) groups is 3. The van der Waals surface area contributed by atoms with Crippen molar-refractivity contribution in [3.8, 4) is 0 Å². The summed E-state index contributed by atoms with van der Waals surface area (Å²) in [5.41, 5.74) is 0.876. The number of aliphatic hydroxyl groups excluding tert-OH is 2. The molecule has 0 aromatic carbocycles. The Balaban J connectivity index is 2.53. The lowest BCUT2D eigenvalue weighted by Crippen LogP contribution is -2.36. The number of hydrogen-bond acceptors (Lipinski definition) is 8. The molecule has 30 heavy (non-hydrogen) atoms. The molecule has 2 N–H and O–H groups in total. The smallest absolute Gasteiger partial charge is 0.334 e. The molecule has 6 atom stereocenters. The van der Waals surface area contributed by atoms with Crippen LogP contribution in [0.1, 0.15) is 40.5 Å². The minimum absolute atomic E-state index is 0.00733. The van der Waals surface area contributed by atoms with Crippen LogP contribution in [0.5, 0.6) is 0 Å². The topological polar surface area (TPSA) is 119 Å². The second-order valence-corrected chi connectivity index (χ2v) is 7.79. The number of esters is 3. The van der Waals surface area contributed by atoms with Crippen molar-refractivity contribution in [3.63, 3.8) is 0 Å². The van der Waals surface area contributed by atoms with Gasteiger partial charge in [-0.3, -0.25) is 9.59 Å². The van der Waals surface area contributed by atoms with E-state index in [1.165, 1.54) is 13.0 Å². The second-order valence-electron chi connectivity index (χ2n) is 7.79. The van der Waals surface area contributed by atoms with Crippen LogP contribution in [0.25, 0.3) is 0 Å². The molecular formula is C22H30O8. The fourth-order valence-electron chi connectivity index (χ4n) is 3.47. The fourth-order valence-corrected chi connectivity index (χ4v) is 3.47. The SMILES string of the molecule is C=C1C(=O)OC2/C=C(/CO)C(OC(C)=O)CC(O)/C(C)=C\C(OC(=O)C(C)CC)C12. The fraction of sp³-hybridized carbons (Fsp3) is 0.591. The van der Waals surface area contributed by atoms with E-state index in [0.717, 1.165) is 0 Å². The highest BCUT2D eigenvalue weighted by Crippen LogP contribution is 2.36. The summed E-state index contributed by atoms with van der Waals surface area (Å²) in [4.78, 5) is 36.2. The maximum absolute atomic E-state index is 12.5. The monoisotopic (exact) mass is 422 g/mol. The third-order valence-electron chi connectivity index (χ3n) is 5.56. The van der Waals surface area contributed by atoms with E-state index in [0.29, 0.717) is 12.0 Å². The van der Waals surface area contributed by atoms with Gasteiger partial charge in [-0.25, -0.2) is 4.79 Å². The van der Waals surface area contributed by atoms with Gasteiger partial charge in [0.05, 0.1) is 24.5 Å². The first-order valence-electron chi connectivity index (χ1n) is 10.0. The van der Waals surface area contributed by atoms with Crippen LogP contribution in [0.15, 0.2) is 35.5 Å². The van der Waals surface area contributed by atoms with E-state index in [9.17, 15) is 24.6 Å². The number of aliphatic hydroxyl groups is 2. The maximum Gasteiger partial charge on any atom is 0.334 e. The van der Waals surface area contributed by atoms with Crippen molar-refractivity contribution in [2.75, 3.05) is 6.61 Å². The highest BCUT2D eigenvalue weighted by atomic mass is 16.6. The van der Waals surface area contributed by atoms with Gasteiger partial charge in [0.15, 0.2) is 0 Å². The van der Waals surface area contributed by atoms with Crippen LogP contribution in [-0.4, -0.2) is 59.1 Å². The summed E-state index contributed by atoms with van der Waals surface area (Å²) in [7, 11) is 0. The molecule has 1 heterocycles. The number of rotatable bonds is 5. The molecule has 0 aromatic heterocycles. The van der Waals surface area contributed by atoms with E-state index in [1.54, 1.807) is 19.9 Å². The van der Waals surface area contributed by atoms with Crippen LogP contribution in [0.3, 0.4) is 0 Å². The maximum atomic E-state index is 12.5. The van der Waals surface area contributed by atoms with Gasteiger partial charge in [-0.2, -0.15) is 0 Å². The first-order valence-corrected chi connectivity index (χ1v) is 10.0. The van der Waals surface area contributed by atoms with E-state index in [-0.39, 0.29) is 23.5 Å². The predicted molar refractivity (Wildman–Crippen MR) is 107 cm³/mol. The molecule has 2 rings (SSSR count). The number of ether oxygens (including phenoxy) is 3. The van der Waals surface area contributed by atoms with Crippen molar-refractivity contribution < 1.29 is 38.8 Å². The Kier molecular flexibility index (Phi) is 7.97. The molecule has 2 aliphatic rings. The number of fused-ring (bicyclic) bond motifs is 1. The quantitative estimate of drug-likeness (QED) is 0.297. The van der Waals surface area contributed by atoms with Crippen LogP contribution >= 0.6 is 0 Å².